The first kappa shape index (κ1) is 48.5. The topological polar surface area (TPSA) is 236 Å². The first-order valence-corrected chi connectivity index (χ1v) is 20.0. The summed E-state index contributed by atoms with van der Waals surface area (Å²) in [5.74, 6) is -3.93. The third-order valence-corrected chi connectivity index (χ3v) is 12.1. The van der Waals surface area contributed by atoms with E-state index in [1.54, 1.807) is 53.6 Å². The summed E-state index contributed by atoms with van der Waals surface area (Å²) in [4.78, 5) is 29.1. The Morgan fingerprint density at radius 2 is 1.48 bits per heavy atom. The van der Waals surface area contributed by atoms with Gasteiger partial charge in [-0.15, -0.1) is 5.16 Å². The van der Waals surface area contributed by atoms with Crippen LogP contribution in [0.3, 0.4) is 0 Å². The van der Waals surface area contributed by atoms with Crippen molar-refractivity contribution in [3.63, 3.8) is 0 Å². The highest BCUT2D eigenvalue weighted by Gasteiger charge is 2.48. The number of rotatable bonds is 11. The largest absolute Gasteiger partial charge is 0.462 e. The number of carbonyl (C=O) groups is 2. The minimum atomic E-state index is -1.35. The van der Waals surface area contributed by atoms with Crippen LogP contribution in [0.25, 0.3) is 0 Å². The van der Waals surface area contributed by atoms with Crippen LogP contribution >= 0.6 is 0 Å². The SMILES string of the molecule is CCC1OC(=O)C[C@@H](O)[C@H](C)C(O[C@@H]2O[C@H](C)[C@@H](O)[C@H](N(C)C)[C@H]2O)[C@@H](C/C=N/O)C[C@@H](C)C(=O)CCC(C)C(O)[C@@H]1CO[C@@H]1O[C@H](C)[C@@H](O)[C@@H](OC)[C@H]1OC. The summed E-state index contributed by atoms with van der Waals surface area (Å²) < 4.78 is 41.7. The van der Waals surface area contributed by atoms with Gasteiger partial charge in [-0.05, 0) is 65.5 Å². The average molecular weight is 807 g/mol. The lowest BCUT2D eigenvalue weighted by molar-refractivity contribution is -0.306. The number of cyclic esters (lactones) is 1. The predicted molar refractivity (Wildman–Crippen MR) is 202 cm³/mol. The number of carbonyl (C=O) groups excluding carboxylic acids is 2. The molecule has 3 rings (SSSR count). The summed E-state index contributed by atoms with van der Waals surface area (Å²) in [6, 6.07) is -0.746. The molecule has 3 aliphatic rings. The van der Waals surface area contributed by atoms with Crippen molar-refractivity contribution in [2.75, 3.05) is 34.9 Å². The molecule has 19 atom stereocenters. The molecule has 3 fully saturated rings. The first-order valence-electron chi connectivity index (χ1n) is 20.0. The number of Topliss-reactive ketones (excluding diaryl/α,β-unsaturated/α-hetero) is 1. The van der Waals surface area contributed by atoms with E-state index in [2.05, 4.69) is 5.16 Å². The highest BCUT2D eigenvalue weighted by atomic mass is 16.7. The van der Waals surface area contributed by atoms with Crippen LogP contribution in [0, 0.1) is 29.6 Å². The van der Waals surface area contributed by atoms with Gasteiger partial charge in [0.15, 0.2) is 12.6 Å². The summed E-state index contributed by atoms with van der Waals surface area (Å²) in [5, 5.41) is 68.8. The van der Waals surface area contributed by atoms with E-state index in [0.29, 0.717) is 6.42 Å². The Morgan fingerprint density at radius 3 is 2.07 bits per heavy atom. The van der Waals surface area contributed by atoms with E-state index >= 15 is 0 Å². The highest BCUT2D eigenvalue weighted by molar-refractivity contribution is 5.80. The van der Waals surface area contributed by atoms with E-state index < -0.39 is 128 Å². The summed E-state index contributed by atoms with van der Waals surface area (Å²) in [6.45, 7) is 10.3. The Morgan fingerprint density at radius 1 is 0.857 bits per heavy atom. The second-order valence-corrected chi connectivity index (χ2v) is 16.3. The lowest BCUT2D eigenvalue weighted by atomic mass is 9.78. The lowest BCUT2D eigenvalue weighted by Gasteiger charge is -2.46. The second-order valence-electron chi connectivity index (χ2n) is 16.3. The zero-order chi connectivity index (χ0) is 42.0. The van der Waals surface area contributed by atoms with E-state index in [-0.39, 0.29) is 38.1 Å². The third kappa shape index (κ3) is 12.1. The minimum Gasteiger partial charge on any atom is -0.462 e. The molecule has 4 unspecified atom stereocenters. The smallest absolute Gasteiger partial charge is 0.308 e. The monoisotopic (exact) mass is 806 g/mol. The molecule has 0 amide bonds. The van der Waals surface area contributed by atoms with E-state index in [1.165, 1.54) is 20.4 Å². The van der Waals surface area contributed by atoms with Crippen molar-refractivity contribution in [2.45, 2.75) is 166 Å². The van der Waals surface area contributed by atoms with Gasteiger partial charge in [0.05, 0.1) is 55.7 Å². The fourth-order valence-electron chi connectivity index (χ4n) is 8.43. The standard InChI is InChI=1S/C39H70N2O15/c1-11-28-25(18-52-39-37(51-10)36(50-9)33(47)23(6)54-39)31(45)19(2)12-13-26(42)20(3)16-24(14-15-40-49)35(21(4)27(43)17-29(44)55-28)56-38-34(48)30(41(7)8)32(46)22(5)53-38/h15,19-25,27-28,30-39,43,45-49H,11-14,16-18H2,1-10H3/b40-15+/t19?,20-,21+,22-,23-,24+,25-,27-,28?,30+,31?,32-,33-,34-,35?,36-,37-,38+,39-/m1/s1. The fraction of sp³-hybridized carbons (Fsp3) is 0.923. The zero-order valence-corrected chi connectivity index (χ0v) is 34.7. The van der Waals surface area contributed by atoms with Crippen molar-refractivity contribution < 1.29 is 73.5 Å². The molecular weight excluding hydrogens is 736 g/mol. The molecule has 3 saturated heterocycles. The van der Waals surface area contributed by atoms with Crippen molar-refractivity contribution in [1.29, 1.82) is 0 Å². The van der Waals surface area contributed by atoms with Gasteiger partial charge in [-0.3, -0.25) is 9.59 Å². The van der Waals surface area contributed by atoms with Crippen molar-refractivity contribution >= 4 is 18.0 Å². The molecule has 0 spiro atoms. The van der Waals surface area contributed by atoms with Gasteiger partial charge in [0, 0.05) is 44.6 Å². The van der Waals surface area contributed by atoms with Crippen LogP contribution in [0.5, 0.6) is 0 Å². The summed E-state index contributed by atoms with van der Waals surface area (Å²) in [5.41, 5.74) is 0. The number of nitrogens with zero attached hydrogens (tertiary/aromatic N) is 2. The van der Waals surface area contributed by atoms with Gasteiger partial charge >= 0.3 is 5.97 Å². The van der Waals surface area contributed by atoms with Crippen LogP contribution in [-0.2, 0) is 42.7 Å². The third-order valence-electron chi connectivity index (χ3n) is 12.1. The molecule has 0 saturated carbocycles. The fourth-order valence-corrected chi connectivity index (χ4v) is 8.43. The predicted octanol–water partition coefficient (Wildman–Crippen LogP) is 1.10. The molecule has 17 heteroatoms. The number of methoxy groups -OCH3 is 2. The van der Waals surface area contributed by atoms with Crippen molar-refractivity contribution in [3.8, 4) is 0 Å². The van der Waals surface area contributed by atoms with Gasteiger partial charge in [0.25, 0.3) is 0 Å². The lowest BCUT2D eigenvalue weighted by Crippen LogP contribution is -2.63. The van der Waals surface area contributed by atoms with Gasteiger partial charge < -0.3 is 68.8 Å². The maximum atomic E-state index is 13.7. The van der Waals surface area contributed by atoms with Crippen LogP contribution < -0.4 is 0 Å². The second kappa shape index (κ2) is 22.5. The van der Waals surface area contributed by atoms with E-state index in [4.69, 9.17) is 33.2 Å². The number of ketones is 1. The normalized spacial score (nSPS) is 44.2. The maximum absolute atomic E-state index is 13.7. The van der Waals surface area contributed by atoms with Crippen molar-refractivity contribution in [2.24, 2.45) is 34.7 Å². The van der Waals surface area contributed by atoms with E-state index in [1.807, 2.05) is 6.92 Å². The molecule has 326 valence electrons. The number of ether oxygens (including phenoxy) is 7. The Hall–Kier alpha value is -1.87. The molecule has 3 aliphatic heterocycles. The molecule has 0 bridgehead atoms. The Labute approximate surface area is 331 Å². The van der Waals surface area contributed by atoms with E-state index in [9.17, 15) is 40.3 Å². The Balaban J connectivity index is 1.96. The molecule has 3 heterocycles. The molecule has 6 N–H and O–H groups in total. The van der Waals surface area contributed by atoms with Crippen LogP contribution in [0.2, 0.25) is 0 Å². The molecule has 56 heavy (non-hydrogen) atoms. The van der Waals surface area contributed by atoms with Crippen molar-refractivity contribution in [1.82, 2.24) is 4.90 Å². The minimum absolute atomic E-state index is 0.0737. The van der Waals surface area contributed by atoms with Crippen LogP contribution in [-0.4, -0.2) is 174 Å². The Bertz CT molecular complexity index is 1230. The van der Waals surface area contributed by atoms with Gasteiger partial charge in [-0.1, -0.05) is 27.7 Å². The van der Waals surface area contributed by atoms with Gasteiger partial charge in [0.2, 0.25) is 0 Å². The molecular formula is C39H70N2O15. The molecule has 0 aromatic rings. The first-order chi connectivity index (χ1) is 26.4. The zero-order valence-electron chi connectivity index (χ0n) is 34.7. The number of aliphatic hydroxyl groups excluding tert-OH is 5. The van der Waals surface area contributed by atoms with E-state index in [0.717, 1.165) is 0 Å². The quantitative estimate of drug-likeness (QED) is 0.0742. The number of esters is 1. The Kier molecular flexibility index (Phi) is 19.5. The highest BCUT2D eigenvalue weighted by Crippen LogP contribution is 2.36. The van der Waals surface area contributed by atoms with Crippen molar-refractivity contribution in [3.05, 3.63) is 0 Å². The van der Waals surface area contributed by atoms with Gasteiger partial charge in [0.1, 0.15) is 36.3 Å². The molecule has 0 aromatic carbocycles. The number of likely N-dealkylation sites (N-methyl/N-ethyl adjacent to an activating group) is 1. The molecule has 0 aromatic heterocycles. The van der Waals surface area contributed by atoms with Crippen LogP contribution in [0.4, 0.5) is 0 Å². The molecule has 17 nitrogen and oxygen atoms in total. The van der Waals surface area contributed by atoms with Crippen LogP contribution in [0.1, 0.15) is 80.1 Å². The number of aliphatic hydroxyl groups is 5. The average Bonchev–Trinajstić information content (AvgIpc) is 3.15. The van der Waals surface area contributed by atoms with Crippen LogP contribution in [0.15, 0.2) is 5.16 Å². The molecule has 0 radical (unpaired) electrons. The maximum Gasteiger partial charge on any atom is 0.308 e. The summed E-state index contributed by atoms with van der Waals surface area (Å²) in [6.07, 6.45) is -10.8. The summed E-state index contributed by atoms with van der Waals surface area (Å²) in [7, 11) is 6.32. The molecule has 0 aliphatic carbocycles. The number of hydrogen-bond donors (Lipinski definition) is 6. The van der Waals surface area contributed by atoms with Gasteiger partial charge in [-0.25, -0.2) is 0 Å². The number of hydrogen-bond acceptors (Lipinski definition) is 17. The number of oxime groups is 1. The van der Waals surface area contributed by atoms with Gasteiger partial charge in [-0.2, -0.15) is 0 Å². The summed E-state index contributed by atoms with van der Waals surface area (Å²) >= 11 is 0.